The maximum absolute atomic E-state index is 12.4. The van der Waals surface area contributed by atoms with Gasteiger partial charge in [-0.25, -0.2) is 4.98 Å². The number of rotatable bonds is 5. The number of ketones is 1. The van der Waals surface area contributed by atoms with E-state index in [1.54, 1.807) is 6.07 Å². The lowest BCUT2D eigenvalue weighted by Crippen LogP contribution is -2.30. The quantitative estimate of drug-likeness (QED) is 0.838. The van der Waals surface area contributed by atoms with Crippen molar-refractivity contribution in [1.82, 2.24) is 9.88 Å². The summed E-state index contributed by atoms with van der Waals surface area (Å²) in [5.74, 6) is 2.25. The molecule has 136 valence electrons. The number of Topliss-reactive ketones (excluding diaryl/α,β-unsaturated/α-hetero) is 1. The lowest BCUT2D eigenvalue weighted by atomic mass is 10.0. The first kappa shape index (κ1) is 17.0. The van der Waals surface area contributed by atoms with Crippen molar-refractivity contribution in [3.05, 3.63) is 53.9 Å². The lowest BCUT2D eigenvalue weighted by Gasteiger charge is -2.19. The Hall–Kier alpha value is -2.40. The predicted octanol–water partition coefficient (Wildman–Crippen LogP) is 3.07. The normalized spacial score (nSPS) is 25.2. The van der Waals surface area contributed by atoms with Crippen molar-refractivity contribution in [2.75, 3.05) is 19.6 Å². The molecule has 1 N–H and O–H groups in total. The van der Waals surface area contributed by atoms with Gasteiger partial charge in [-0.05, 0) is 55.9 Å². The van der Waals surface area contributed by atoms with Crippen molar-refractivity contribution < 1.29 is 14.6 Å². The minimum Gasteiger partial charge on any atom is -0.506 e. The summed E-state index contributed by atoms with van der Waals surface area (Å²) in [6.07, 6.45) is 3.71. The molecule has 2 aromatic rings. The van der Waals surface area contributed by atoms with Crippen molar-refractivity contribution in [3.8, 4) is 11.5 Å². The molecule has 1 aromatic heterocycles. The summed E-state index contributed by atoms with van der Waals surface area (Å²) < 4.78 is 6.14. The van der Waals surface area contributed by atoms with Crippen molar-refractivity contribution in [2.45, 2.75) is 25.9 Å². The van der Waals surface area contributed by atoms with Crippen LogP contribution < -0.4 is 4.74 Å². The molecule has 4 rings (SSSR count). The van der Waals surface area contributed by atoms with Gasteiger partial charge in [0.15, 0.2) is 5.78 Å². The third kappa shape index (κ3) is 3.73. The summed E-state index contributed by atoms with van der Waals surface area (Å²) in [6.45, 7) is 4.37. The molecule has 0 bridgehead atoms. The highest BCUT2D eigenvalue weighted by atomic mass is 16.5. The standard InChI is InChI=1S/C21H24N2O3/c1-14-2-5-18(6-3-14)26-19-8-15-11-23(12-16(15)9-19)13-21(25)20-7-4-17(24)10-22-20/h2-7,10,15-16,19,24H,8-9,11-13H2,1H3/t15-,16+,19?. The topological polar surface area (TPSA) is 62.7 Å². The van der Waals surface area contributed by atoms with Crippen LogP contribution in [0.5, 0.6) is 11.5 Å². The van der Waals surface area contributed by atoms with Gasteiger partial charge in [0.1, 0.15) is 17.2 Å². The molecule has 1 aromatic carbocycles. The molecule has 0 amide bonds. The Morgan fingerprint density at radius 2 is 1.85 bits per heavy atom. The Morgan fingerprint density at radius 3 is 2.46 bits per heavy atom. The number of hydrogen-bond acceptors (Lipinski definition) is 5. The summed E-state index contributed by atoms with van der Waals surface area (Å²) in [4.78, 5) is 18.6. The largest absolute Gasteiger partial charge is 0.506 e. The summed E-state index contributed by atoms with van der Waals surface area (Å²) in [7, 11) is 0. The number of benzene rings is 1. The second-order valence-corrected chi connectivity index (χ2v) is 7.56. The van der Waals surface area contributed by atoms with Crippen LogP contribution in [0.15, 0.2) is 42.6 Å². The molecule has 3 atom stereocenters. The Kier molecular flexibility index (Phi) is 4.64. The molecule has 2 heterocycles. The maximum atomic E-state index is 12.4. The number of aryl methyl sites for hydroxylation is 1. The number of pyridine rings is 1. The van der Waals surface area contributed by atoms with Crippen LogP contribution in [0, 0.1) is 18.8 Å². The average molecular weight is 352 g/mol. The van der Waals surface area contributed by atoms with Gasteiger partial charge in [0.2, 0.25) is 0 Å². The first-order valence-corrected chi connectivity index (χ1v) is 9.21. The number of carbonyl (C=O) groups is 1. The minimum absolute atomic E-state index is 0.0115. The fourth-order valence-electron chi connectivity index (χ4n) is 4.21. The van der Waals surface area contributed by atoms with E-state index >= 15 is 0 Å². The number of carbonyl (C=O) groups excluding carboxylic acids is 1. The highest BCUT2D eigenvalue weighted by Gasteiger charge is 2.42. The van der Waals surface area contributed by atoms with Crippen LogP contribution in [-0.2, 0) is 0 Å². The zero-order valence-electron chi connectivity index (χ0n) is 15.0. The number of nitrogens with zero attached hydrogens (tertiary/aromatic N) is 2. The van der Waals surface area contributed by atoms with Crippen LogP contribution in [0.25, 0.3) is 0 Å². The average Bonchev–Trinajstić information content (AvgIpc) is 3.15. The van der Waals surface area contributed by atoms with Gasteiger partial charge < -0.3 is 9.84 Å². The van der Waals surface area contributed by atoms with E-state index in [-0.39, 0.29) is 17.6 Å². The van der Waals surface area contributed by atoms with Gasteiger partial charge in [-0.1, -0.05) is 17.7 Å². The van der Waals surface area contributed by atoms with Crippen molar-refractivity contribution >= 4 is 5.78 Å². The van der Waals surface area contributed by atoms with Gasteiger partial charge in [0, 0.05) is 13.1 Å². The Labute approximate surface area is 153 Å². The SMILES string of the molecule is Cc1ccc(OC2C[C@@H]3CN(CC(=O)c4ccc(O)cn4)C[C@@H]3C2)cc1. The number of aromatic hydroxyl groups is 1. The van der Waals surface area contributed by atoms with Gasteiger partial charge in [-0.2, -0.15) is 0 Å². The molecule has 0 spiro atoms. The summed E-state index contributed by atoms with van der Waals surface area (Å²) >= 11 is 0. The molecule has 5 nitrogen and oxygen atoms in total. The molecule has 1 aliphatic heterocycles. The van der Waals surface area contributed by atoms with Gasteiger partial charge in [-0.15, -0.1) is 0 Å². The Morgan fingerprint density at radius 1 is 1.15 bits per heavy atom. The lowest BCUT2D eigenvalue weighted by molar-refractivity contribution is 0.0932. The zero-order valence-corrected chi connectivity index (χ0v) is 15.0. The maximum Gasteiger partial charge on any atom is 0.195 e. The van der Waals surface area contributed by atoms with E-state index in [1.165, 1.54) is 17.8 Å². The monoisotopic (exact) mass is 352 g/mol. The van der Waals surface area contributed by atoms with E-state index in [0.29, 0.717) is 24.1 Å². The Balaban J connectivity index is 1.28. The third-order valence-electron chi connectivity index (χ3n) is 5.51. The van der Waals surface area contributed by atoms with Crippen LogP contribution in [0.4, 0.5) is 0 Å². The van der Waals surface area contributed by atoms with Crippen molar-refractivity contribution in [3.63, 3.8) is 0 Å². The summed E-state index contributed by atoms with van der Waals surface area (Å²) in [6, 6.07) is 11.3. The van der Waals surface area contributed by atoms with Crippen LogP contribution in [0.3, 0.4) is 0 Å². The second kappa shape index (κ2) is 7.08. The van der Waals surface area contributed by atoms with Crippen molar-refractivity contribution in [1.29, 1.82) is 0 Å². The predicted molar refractivity (Wildman–Crippen MR) is 98.5 cm³/mol. The van der Waals surface area contributed by atoms with Crippen molar-refractivity contribution in [2.24, 2.45) is 11.8 Å². The van der Waals surface area contributed by atoms with E-state index in [1.807, 2.05) is 12.1 Å². The van der Waals surface area contributed by atoms with E-state index in [4.69, 9.17) is 4.74 Å². The summed E-state index contributed by atoms with van der Waals surface area (Å²) in [5.41, 5.74) is 1.66. The number of ether oxygens (including phenoxy) is 1. The number of fused-ring (bicyclic) bond motifs is 1. The van der Waals surface area contributed by atoms with Gasteiger partial charge >= 0.3 is 0 Å². The van der Waals surface area contributed by atoms with E-state index in [2.05, 4.69) is 28.9 Å². The second-order valence-electron chi connectivity index (χ2n) is 7.56. The van der Waals surface area contributed by atoms with Gasteiger partial charge in [-0.3, -0.25) is 9.69 Å². The van der Waals surface area contributed by atoms with Crippen LogP contribution in [0.1, 0.15) is 28.9 Å². The first-order chi connectivity index (χ1) is 12.6. The van der Waals surface area contributed by atoms with E-state index < -0.39 is 0 Å². The van der Waals surface area contributed by atoms with Gasteiger partial charge in [0.05, 0.1) is 18.8 Å². The highest BCUT2D eigenvalue weighted by molar-refractivity contribution is 5.95. The molecule has 1 saturated carbocycles. The Bertz CT molecular complexity index is 759. The molecular weight excluding hydrogens is 328 g/mol. The number of hydrogen-bond donors (Lipinski definition) is 1. The number of aromatic nitrogens is 1. The first-order valence-electron chi connectivity index (χ1n) is 9.21. The number of likely N-dealkylation sites (tertiary alicyclic amines) is 1. The molecule has 1 aliphatic carbocycles. The molecule has 26 heavy (non-hydrogen) atoms. The molecule has 0 radical (unpaired) electrons. The molecule has 5 heteroatoms. The molecule has 1 saturated heterocycles. The van der Waals surface area contributed by atoms with E-state index in [9.17, 15) is 9.90 Å². The smallest absolute Gasteiger partial charge is 0.195 e. The van der Waals surface area contributed by atoms with Crippen LogP contribution in [-0.4, -0.2) is 46.5 Å². The zero-order chi connectivity index (χ0) is 18.1. The van der Waals surface area contributed by atoms with Crippen LogP contribution in [0.2, 0.25) is 0 Å². The van der Waals surface area contributed by atoms with Gasteiger partial charge in [0.25, 0.3) is 0 Å². The molecule has 1 unspecified atom stereocenters. The fourth-order valence-corrected chi connectivity index (χ4v) is 4.21. The minimum atomic E-state index is 0.0115. The molecule has 2 aliphatic rings. The highest BCUT2D eigenvalue weighted by Crippen LogP contribution is 2.39. The fraction of sp³-hybridized carbons (Fsp3) is 0.429. The molecular formula is C21H24N2O3. The third-order valence-corrected chi connectivity index (χ3v) is 5.51. The summed E-state index contributed by atoms with van der Waals surface area (Å²) in [5, 5.41) is 9.28. The van der Waals surface area contributed by atoms with Crippen LogP contribution >= 0.6 is 0 Å². The van der Waals surface area contributed by atoms with E-state index in [0.717, 1.165) is 31.7 Å². The molecule has 2 fully saturated rings.